The summed E-state index contributed by atoms with van der Waals surface area (Å²) in [5.41, 5.74) is 2.57. The summed E-state index contributed by atoms with van der Waals surface area (Å²) in [6.07, 6.45) is 5.98. The molecule has 1 saturated heterocycles. The van der Waals surface area contributed by atoms with Crippen molar-refractivity contribution in [3.63, 3.8) is 0 Å². The van der Waals surface area contributed by atoms with Crippen molar-refractivity contribution in [2.24, 2.45) is 0 Å². The molecule has 3 aromatic rings. The summed E-state index contributed by atoms with van der Waals surface area (Å²) >= 11 is 1.52. The van der Waals surface area contributed by atoms with Crippen LogP contribution in [0.25, 0.3) is 5.69 Å². The molecule has 162 valence electrons. The lowest BCUT2D eigenvalue weighted by Crippen LogP contribution is -2.37. The van der Waals surface area contributed by atoms with Crippen LogP contribution in [0.5, 0.6) is 5.75 Å². The monoisotopic (exact) mass is 436 g/mol. The standard InChI is InChI=1S/C24H28N4O2S/c1-30-22-13-7-6-12-19(22)20(27-14-8-9-15-27)16-25-23(29)21-17-26-24(31-2)28(21)18-10-4-3-5-11-18/h3-7,10-13,17,20H,8-9,14-16H2,1-2H3,(H,25,29). The molecule has 7 heteroatoms. The smallest absolute Gasteiger partial charge is 0.270 e. The van der Waals surface area contributed by atoms with Gasteiger partial charge in [0.15, 0.2) is 5.16 Å². The number of thioether (sulfide) groups is 1. The first-order chi connectivity index (χ1) is 15.2. The largest absolute Gasteiger partial charge is 0.496 e. The Labute approximate surface area is 187 Å². The molecule has 1 unspecified atom stereocenters. The predicted molar refractivity (Wildman–Crippen MR) is 124 cm³/mol. The molecule has 31 heavy (non-hydrogen) atoms. The van der Waals surface area contributed by atoms with Crippen molar-refractivity contribution in [2.45, 2.75) is 24.0 Å². The highest BCUT2D eigenvalue weighted by atomic mass is 32.2. The van der Waals surface area contributed by atoms with Crippen LogP contribution in [0.4, 0.5) is 0 Å². The zero-order chi connectivity index (χ0) is 21.6. The van der Waals surface area contributed by atoms with Gasteiger partial charge in [-0.05, 0) is 50.4 Å². The topological polar surface area (TPSA) is 59.4 Å². The molecule has 6 nitrogen and oxygen atoms in total. The molecule has 1 atom stereocenters. The third-order valence-electron chi connectivity index (χ3n) is 5.69. The lowest BCUT2D eigenvalue weighted by molar-refractivity contribution is 0.0930. The Morgan fingerprint density at radius 2 is 1.84 bits per heavy atom. The van der Waals surface area contributed by atoms with Gasteiger partial charge in [-0.25, -0.2) is 4.98 Å². The molecule has 0 saturated carbocycles. The van der Waals surface area contributed by atoms with Crippen molar-refractivity contribution in [2.75, 3.05) is 33.0 Å². The van der Waals surface area contributed by atoms with Crippen LogP contribution in [0.15, 0.2) is 66.0 Å². The maximum Gasteiger partial charge on any atom is 0.270 e. The minimum absolute atomic E-state index is 0.0655. The average Bonchev–Trinajstić information content (AvgIpc) is 3.50. The lowest BCUT2D eigenvalue weighted by atomic mass is 10.0. The molecule has 2 heterocycles. The second kappa shape index (κ2) is 10.0. The number of nitrogens with zero attached hydrogens (tertiary/aromatic N) is 3. The van der Waals surface area contributed by atoms with E-state index in [4.69, 9.17) is 4.74 Å². The Hall–Kier alpha value is -2.77. The van der Waals surface area contributed by atoms with Crippen LogP contribution in [0.1, 0.15) is 34.9 Å². The first kappa shape index (κ1) is 21.5. The summed E-state index contributed by atoms with van der Waals surface area (Å²) in [6.45, 7) is 2.56. The molecule has 0 spiro atoms. The number of likely N-dealkylation sites (tertiary alicyclic amines) is 1. The highest BCUT2D eigenvalue weighted by Crippen LogP contribution is 2.31. The van der Waals surface area contributed by atoms with Crippen molar-refractivity contribution in [1.29, 1.82) is 0 Å². The molecule has 1 aromatic heterocycles. The summed E-state index contributed by atoms with van der Waals surface area (Å²) < 4.78 is 7.53. The fourth-order valence-electron chi connectivity index (χ4n) is 4.18. The van der Waals surface area contributed by atoms with E-state index in [-0.39, 0.29) is 11.9 Å². The van der Waals surface area contributed by atoms with Crippen LogP contribution in [0.2, 0.25) is 0 Å². The van der Waals surface area contributed by atoms with Gasteiger partial charge in [0.25, 0.3) is 5.91 Å². The van der Waals surface area contributed by atoms with Crippen LogP contribution in [-0.2, 0) is 0 Å². The Bertz CT molecular complexity index is 1020. The number of rotatable bonds is 8. The SMILES string of the molecule is COc1ccccc1C(CNC(=O)c1cnc(SC)n1-c1ccccc1)N1CCCC1. The number of para-hydroxylation sites is 2. The average molecular weight is 437 g/mol. The van der Waals surface area contributed by atoms with Gasteiger partial charge in [-0.3, -0.25) is 14.3 Å². The zero-order valence-electron chi connectivity index (χ0n) is 18.0. The summed E-state index contributed by atoms with van der Waals surface area (Å²) in [5.74, 6) is 0.725. The number of methoxy groups -OCH3 is 1. The van der Waals surface area contributed by atoms with Crippen molar-refractivity contribution in [1.82, 2.24) is 19.8 Å². The molecule has 1 aliphatic heterocycles. The number of carbonyl (C=O) groups excluding carboxylic acids is 1. The van der Waals surface area contributed by atoms with E-state index in [9.17, 15) is 4.79 Å². The van der Waals surface area contributed by atoms with E-state index in [1.165, 1.54) is 24.6 Å². The number of nitrogens with one attached hydrogen (secondary N) is 1. The molecule has 1 aliphatic rings. The minimum Gasteiger partial charge on any atom is -0.496 e. The zero-order valence-corrected chi connectivity index (χ0v) is 18.8. The number of hydrogen-bond donors (Lipinski definition) is 1. The van der Waals surface area contributed by atoms with Gasteiger partial charge in [-0.1, -0.05) is 48.2 Å². The molecule has 0 radical (unpaired) electrons. The maximum absolute atomic E-state index is 13.2. The van der Waals surface area contributed by atoms with Gasteiger partial charge in [0.2, 0.25) is 0 Å². The predicted octanol–water partition coefficient (Wildman–Crippen LogP) is 4.17. The summed E-state index contributed by atoms with van der Waals surface area (Å²) in [5, 5.41) is 3.96. The first-order valence-electron chi connectivity index (χ1n) is 10.5. The van der Waals surface area contributed by atoms with Crippen LogP contribution < -0.4 is 10.1 Å². The number of carbonyl (C=O) groups is 1. The van der Waals surface area contributed by atoms with Crippen LogP contribution in [-0.4, -0.2) is 53.4 Å². The Balaban J connectivity index is 1.58. The molecule has 2 aromatic carbocycles. The van der Waals surface area contributed by atoms with Gasteiger partial charge in [-0.2, -0.15) is 0 Å². The highest BCUT2D eigenvalue weighted by molar-refractivity contribution is 7.98. The number of imidazole rings is 1. The van der Waals surface area contributed by atoms with Crippen molar-refractivity contribution < 1.29 is 9.53 Å². The van der Waals surface area contributed by atoms with E-state index in [0.717, 1.165) is 35.2 Å². The van der Waals surface area contributed by atoms with Crippen LogP contribution in [0.3, 0.4) is 0 Å². The van der Waals surface area contributed by atoms with E-state index in [0.29, 0.717) is 12.2 Å². The van der Waals surface area contributed by atoms with Gasteiger partial charge in [0.1, 0.15) is 11.4 Å². The van der Waals surface area contributed by atoms with Gasteiger partial charge in [-0.15, -0.1) is 0 Å². The third kappa shape index (κ3) is 4.62. The lowest BCUT2D eigenvalue weighted by Gasteiger charge is -2.29. The molecule has 1 fully saturated rings. The molecule has 0 aliphatic carbocycles. The second-order valence-electron chi connectivity index (χ2n) is 7.51. The fourth-order valence-corrected chi connectivity index (χ4v) is 4.72. The molecule has 0 bridgehead atoms. The van der Waals surface area contributed by atoms with Crippen molar-refractivity contribution in [3.05, 3.63) is 72.1 Å². The molecular formula is C24H28N4O2S. The van der Waals surface area contributed by atoms with Gasteiger partial charge in [0, 0.05) is 17.8 Å². The van der Waals surface area contributed by atoms with Crippen LogP contribution >= 0.6 is 11.8 Å². The quantitative estimate of drug-likeness (QED) is 0.537. The Kier molecular flexibility index (Phi) is 6.94. The third-order valence-corrected chi connectivity index (χ3v) is 6.35. The fraction of sp³-hybridized carbons (Fsp3) is 0.333. The van der Waals surface area contributed by atoms with Crippen molar-refractivity contribution in [3.8, 4) is 11.4 Å². The van der Waals surface area contributed by atoms with Gasteiger partial charge in [0.05, 0.1) is 19.3 Å². The summed E-state index contributed by atoms with van der Waals surface area (Å²) in [4.78, 5) is 20.1. The first-order valence-corrected chi connectivity index (χ1v) is 11.8. The highest BCUT2D eigenvalue weighted by Gasteiger charge is 2.27. The molecular weight excluding hydrogens is 408 g/mol. The van der Waals surface area contributed by atoms with E-state index in [1.54, 1.807) is 13.3 Å². The number of amides is 1. The van der Waals surface area contributed by atoms with E-state index in [2.05, 4.69) is 21.3 Å². The molecule has 1 amide bonds. The second-order valence-corrected chi connectivity index (χ2v) is 8.29. The normalized spacial score (nSPS) is 15.0. The summed E-state index contributed by atoms with van der Waals surface area (Å²) in [6, 6.07) is 18.0. The van der Waals surface area contributed by atoms with Gasteiger partial charge < -0.3 is 10.1 Å². The molecule has 1 N–H and O–H groups in total. The molecule has 4 rings (SSSR count). The van der Waals surface area contributed by atoms with Gasteiger partial charge >= 0.3 is 0 Å². The van der Waals surface area contributed by atoms with E-state index in [1.807, 2.05) is 59.4 Å². The minimum atomic E-state index is -0.129. The number of aromatic nitrogens is 2. The van der Waals surface area contributed by atoms with Crippen molar-refractivity contribution >= 4 is 17.7 Å². The maximum atomic E-state index is 13.2. The number of hydrogen-bond acceptors (Lipinski definition) is 5. The van der Waals surface area contributed by atoms with E-state index >= 15 is 0 Å². The Morgan fingerprint density at radius 1 is 1.13 bits per heavy atom. The van der Waals surface area contributed by atoms with Crippen LogP contribution in [0, 0.1) is 0 Å². The Morgan fingerprint density at radius 3 is 2.55 bits per heavy atom. The summed E-state index contributed by atoms with van der Waals surface area (Å²) in [7, 11) is 1.70. The number of ether oxygens (including phenoxy) is 1. The number of benzene rings is 2. The van der Waals surface area contributed by atoms with E-state index < -0.39 is 0 Å².